The Morgan fingerprint density at radius 3 is 2.75 bits per heavy atom. The van der Waals surface area contributed by atoms with E-state index in [9.17, 15) is 0 Å². The minimum Gasteiger partial charge on any atom is -0.310 e. The molecule has 0 aromatic heterocycles. The standard InChI is InChI=1S/C9H17N3/c1-2-4-9(5-3-1)8-12-7-6-10-11-12/h6-7,9-11H,1-5,8H2. The molecular formula is C9H17N3. The van der Waals surface area contributed by atoms with Crippen molar-refractivity contribution in [1.82, 2.24) is 16.0 Å². The molecule has 2 aliphatic rings. The van der Waals surface area contributed by atoms with Gasteiger partial charge in [-0.25, -0.2) is 0 Å². The molecule has 2 rings (SSSR count). The van der Waals surface area contributed by atoms with Gasteiger partial charge in [0.2, 0.25) is 0 Å². The van der Waals surface area contributed by atoms with E-state index in [1.807, 2.05) is 6.20 Å². The molecule has 12 heavy (non-hydrogen) atoms. The van der Waals surface area contributed by atoms with Crippen molar-refractivity contribution in [1.29, 1.82) is 0 Å². The molecule has 0 unspecified atom stereocenters. The van der Waals surface area contributed by atoms with Crippen LogP contribution in [0.1, 0.15) is 32.1 Å². The fraction of sp³-hybridized carbons (Fsp3) is 0.778. The Morgan fingerprint density at radius 2 is 2.08 bits per heavy atom. The first-order valence-corrected chi connectivity index (χ1v) is 4.89. The highest BCUT2D eigenvalue weighted by Crippen LogP contribution is 2.24. The van der Waals surface area contributed by atoms with Crippen LogP contribution < -0.4 is 11.0 Å². The molecule has 0 spiro atoms. The van der Waals surface area contributed by atoms with Gasteiger partial charge in [0.1, 0.15) is 0 Å². The van der Waals surface area contributed by atoms with Crippen molar-refractivity contribution in [3.05, 3.63) is 12.4 Å². The average molecular weight is 167 g/mol. The van der Waals surface area contributed by atoms with Gasteiger partial charge in [0, 0.05) is 18.9 Å². The topological polar surface area (TPSA) is 27.3 Å². The van der Waals surface area contributed by atoms with Gasteiger partial charge in [-0.05, 0) is 18.8 Å². The molecule has 1 aliphatic carbocycles. The summed E-state index contributed by atoms with van der Waals surface area (Å²) in [6, 6.07) is 0. The lowest BCUT2D eigenvalue weighted by molar-refractivity contribution is 0.201. The Labute approximate surface area is 73.8 Å². The number of nitrogens with zero attached hydrogens (tertiary/aromatic N) is 1. The molecule has 0 amide bonds. The predicted molar refractivity (Wildman–Crippen MR) is 48.7 cm³/mol. The summed E-state index contributed by atoms with van der Waals surface area (Å²) in [7, 11) is 0. The highest BCUT2D eigenvalue weighted by Gasteiger charge is 2.16. The van der Waals surface area contributed by atoms with E-state index in [0.717, 1.165) is 12.5 Å². The zero-order chi connectivity index (χ0) is 8.23. The Morgan fingerprint density at radius 1 is 1.25 bits per heavy atom. The van der Waals surface area contributed by atoms with E-state index < -0.39 is 0 Å². The molecule has 1 fully saturated rings. The molecule has 68 valence electrons. The van der Waals surface area contributed by atoms with Crippen LogP contribution in [0.4, 0.5) is 0 Å². The highest BCUT2D eigenvalue weighted by molar-refractivity contribution is 4.84. The lowest BCUT2D eigenvalue weighted by Crippen LogP contribution is -2.38. The summed E-state index contributed by atoms with van der Waals surface area (Å²) in [6.07, 6.45) is 11.1. The van der Waals surface area contributed by atoms with Crippen LogP contribution in [-0.4, -0.2) is 11.6 Å². The van der Waals surface area contributed by atoms with Gasteiger partial charge in [0.05, 0.1) is 0 Å². The van der Waals surface area contributed by atoms with Crippen LogP contribution in [0.3, 0.4) is 0 Å². The molecular weight excluding hydrogens is 150 g/mol. The van der Waals surface area contributed by atoms with Crippen molar-refractivity contribution in [2.45, 2.75) is 32.1 Å². The fourth-order valence-electron chi connectivity index (χ4n) is 2.04. The monoisotopic (exact) mass is 167 g/mol. The Kier molecular flexibility index (Phi) is 2.51. The Hall–Kier alpha value is -0.700. The van der Waals surface area contributed by atoms with Gasteiger partial charge in [0.25, 0.3) is 0 Å². The smallest absolute Gasteiger partial charge is 0.0384 e. The second-order valence-corrected chi connectivity index (χ2v) is 3.73. The Balaban J connectivity index is 1.73. The summed E-state index contributed by atoms with van der Waals surface area (Å²) in [6.45, 7) is 1.16. The largest absolute Gasteiger partial charge is 0.310 e. The van der Waals surface area contributed by atoms with Gasteiger partial charge in [-0.2, -0.15) is 0 Å². The van der Waals surface area contributed by atoms with E-state index >= 15 is 0 Å². The first-order valence-electron chi connectivity index (χ1n) is 4.89. The van der Waals surface area contributed by atoms with Crippen LogP contribution in [0, 0.1) is 5.92 Å². The summed E-state index contributed by atoms with van der Waals surface area (Å²) in [4.78, 5) is 0. The SMILES string of the molecule is C1=CN(CC2CCCCC2)NN1. The summed E-state index contributed by atoms with van der Waals surface area (Å²) in [5.74, 6) is 0.899. The van der Waals surface area contributed by atoms with Crippen LogP contribution >= 0.6 is 0 Å². The van der Waals surface area contributed by atoms with E-state index in [0.29, 0.717) is 0 Å². The quantitative estimate of drug-likeness (QED) is 0.650. The maximum atomic E-state index is 3.08. The molecule has 2 N–H and O–H groups in total. The summed E-state index contributed by atoms with van der Waals surface area (Å²) < 4.78 is 0. The van der Waals surface area contributed by atoms with Crippen LogP contribution in [0.15, 0.2) is 12.4 Å². The van der Waals surface area contributed by atoms with E-state index in [-0.39, 0.29) is 0 Å². The van der Waals surface area contributed by atoms with Crippen molar-refractivity contribution in [2.24, 2.45) is 5.92 Å². The first-order chi connectivity index (χ1) is 5.95. The van der Waals surface area contributed by atoms with Gasteiger partial charge >= 0.3 is 0 Å². The highest BCUT2D eigenvalue weighted by atomic mass is 15.7. The number of hydrogen-bond donors (Lipinski definition) is 2. The van der Waals surface area contributed by atoms with Crippen LogP contribution in [0.25, 0.3) is 0 Å². The number of hydrazine groups is 2. The normalized spacial score (nSPS) is 24.5. The molecule has 0 aromatic rings. The van der Waals surface area contributed by atoms with E-state index in [4.69, 9.17) is 0 Å². The minimum absolute atomic E-state index is 0.899. The lowest BCUT2D eigenvalue weighted by Gasteiger charge is -2.26. The maximum absolute atomic E-state index is 3.08. The molecule has 0 bridgehead atoms. The summed E-state index contributed by atoms with van der Waals surface area (Å²) in [5, 5.41) is 2.13. The molecule has 0 atom stereocenters. The average Bonchev–Trinajstić information content (AvgIpc) is 2.59. The van der Waals surface area contributed by atoms with E-state index in [1.165, 1.54) is 32.1 Å². The van der Waals surface area contributed by atoms with Crippen molar-refractivity contribution in [2.75, 3.05) is 6.54 Å². The lowest BCUT2D eigenvalue weighted by atomic mass is 9.89. The third-order valence-corrected chi connectivity index (χ3v) is 2.73. The van der Waals surface area contributed by atoms with Crippen LogP contribution in [-0.2, 0) is 0 Å². The third kappa shape index (κ3) is 1.91. The molecule has 1 saturated carbocycles. The van der Waals surface area contributed by atoms with Crippen molar-refractivity contribution >= 4 is 0 Å². The molecule has 3 heteroatoms. The van der Waals surface area contributed by atoms with Crippen molar-refractivity contribution in [3.63, 3.8) is 0 Å². The third-order valence-electron chi connectivity index (χ3n) is 2.73. The summed E-state index contributed by atoms with van der Waals surface area (Å²) >= 11 is 0. The predicted octanol–water partition coefficient (Wildman–Crippen LogP) is 1.36. The van der Waals surface area contributed by atoms with Crippen LogP contribution in [0.2, 0.25) is 0 Å². The Bertz CT molecular complexity index is 161. The molecule has 0 radical (unpaired) electrons. The number of hydrogen-bond acceptors (Lipinski definition) is 3. The van der Waals surface area contributed by atoms with Crippen molar-refractivity contribution in [3.8, 4) is 0 Å². The van der Waals surface area contributed by atoms with Gasteiger partial charge in [-0.1, -0.05) is 19.3 Å². The molecule has 0 aromatic carbocycles. The number of rotatable bonds is 2. The molecule has 0 saturated heterocycles. The molecule has 1 aliphatic heterocycles. The van der Waals surface area contributed by atoms with Gasteiger partial charge in [0.15, 0.2) is 0 Å². The van der Waals surface area contributed by atoms with E-state index in [2.05, 4.69) is 22.2 Å². The van der Waals surface area contributed by atoms with E-state index in [1.54, 1.807) is 0 Å². The fourth-order valence-corrected chi connectivity index (χ4v) is 2.04. The van der Waals surface area contributed by atoms with Crippen LogP contribution in [0.5, 0.6) is 0 Å². The molecule has 1 heterocycles. The number of nitrogens with one attached hydrogen (secondary N) is 2. The van der Waals surface area contributed by atoms with Gasteiger partial charge in [-0.3, -0.25) is 5.01 Å². The van der Waals surface area contributed by atoms with Gasteiger partial charge < -0.3 is 5.43 Å². The second kappa shape index (κ2) is 3.81. The van der Waals surface area contributed by atoms with Crippen molar-refractivity contribution < 1.29 is 0 Å². The summed E-state index contributed by atoms with van der Waals surface area (Å²) in [5.41, 5.74) is 6.03. The second-order valence-electron chi connectivity index (χ2n) is 3.73. The zero-order valence-electron chi connectivity index (χ0n) is 7.42. The minimum atomic E-state index is 0.899. The molecule has 3 nitrogen and oxygen atoms in total. The first kappa shape index (κ1) is 7.92. The van der Waals surface area contributed by atoms with Gasteiger partial charge in [-0.15, -0.1) is 5.53 Å². The maximum Gasteiger partial charge on any atom is 0.0384 e. The zero-order valence-corrected chi connectivity index (χ0v) is 7.42.